The Bertz CT molecular complexity index is 842. The standard InChI is InChI=1S/C18H15N5O/c1-13-5-4-6-14(9-13)12-21-18(24)16-7-2-3-8-17(16)23-22-15(10-19)11-20/h2-9,23H,12H2,1H3,(H,21,24). The summed E-state index contributed by atoms with van der Waals surface area (Å²) in [5.41, 5.74) is 5.19. The summed E-state index contributed by atoms with van der Waals surface area (Å²) in [6.45, 7) is 2.39. The monoisotopic (exact) mass is 317 g/mol. The van der Waals surface area contributed by atoms with E-state index in [0.29, 0.717) is 17.8 Å². The molecule has 0 heterocycles. The molecule has 0 radical (unpaired) electrons. The minimum absolute atomic E-state index is 0.273. The minimum atomic E-state index is -0.315. The first-order valence-corrected chi connectivity index (χ1v) is 7.20. The lowest BCUT2D eigenvalue weighted by molar-refractivity contribution is 0.0951. The van der Waals surface area contributed by atoms with Crippen molar-refractivity contribution in [2.24, 2.45) is 5.10 Å². The van der Waals surface area contributed by atoms with E-state index in [1.54, 1.807) is 36.4 Å². The second-order valence-electron chi connectivity index (χ2n) is 5.01. The lowest BCUT2D eigenvalue weighted by Gasteiger charge is -2.10. The van der Waals surface area contributed by atoms with E-state index in [-0.39, 0.29) is 11.6 Å². The van der Waals surface area contributed by atoms with Crippen LogP contribution in [0.15, 0.2) is 53.6 Å². The molecule has 2 rings (SSSR count). The summed E-state index contributed by atoms with van der Waals surface area (Å²) in [4.78, 5) is 12.4. The normalized spacial score (nSPS) is 9.29. The van der Waals surface area contributed by atoms with Crippen LogP contribution in [0.25, 0.3) is 0 Å². The van der Waals surface area contributed by atoms with Gasteiger partial charge in [-0.2, -0.15) is 15.6 Å². The highest BCUT2D eigenvalue weighted by Crippen LogP contribution is 2.15. The fourth-order valence-electron chi connectivity index (χ4n) is 2.07. The zero-order valence-corrected chi connectivity index (χ0v) is 13.1. The topological polar surface area (TPSA) is 101 Å². The molecule has 0 unspecified atom stereocenters. The average molecular weight is 317 g/mol. The van der Waals surface area contributed by atoms with E-state index in [2.05, 4.69) is 15.8 Å². The molecule has 0 aromatic heterocycles. The van der Waals surface area contributed by atoms with Gasteiger partial charge in [0.15, 0.2) is 0 Å². The van der Waals surface area contributed by atoms with Crippen LogP contribution in [0.5, 0.6) is 0 Å². The van der Waals surface area contributed by atoms with Crippen LogP contribution < -0.4 is 10.7 Å². The quantitative estimate of drug-likeness (QED) is 0.654. The first-order chi connectivity index (χ1) is 11.6. The Hall–Kier alpha value is -3.64. The Morgan fingerprint density at radius 1 is 1.12 bits per heavy atom. The number of aryl methyl sites for hydroxylation is 1. The molecule has 0 spiro atoms. The third-order valence-electron chi connectivity index (χ3n) is 3.21. The second kappa shape index (κ2) is 8.11. The van der Waals surface area contributed by atoms with Crippen LogP contribution in [-0.4, -0.2) is 11.6 Å². The molecule has 2 aromatic carbocycles. The third kappa shape index (κ3) is 4.43. The molecular weight excluding hydrogens is 302 g/mol. The van der Waals surface area contributed by atoms with Gasteiger partial charge in [0.05, 0.1) is 11.3 Å². The first kappa shape index (κ1) is 16.7. The van der Waals surface area contributed by atoms with Gasteiger partial charge in [0.25, 0.3) is 5.91 Å². The number of benzene rings is 2. The number of nitrogens with one attached hydrogen (secondary N) is 2. The molecule has 0 saturated carbocycles. The summed E-state index contributed by atoms with van der Waals surface area (Å²) in [6.07, 6.45) is 0. The minimum Gasteiger partial charge on any atom is -0.348 e. The van der Waals surface area contributed by atoms with E-state index in [1.165, 1.54) is 0 Å². The van der Waals surface area contributed by atoms with E-state index < -0.39 is 0 Å². The molecule has 24 heavy (non-hydrogen) atoms. The smallest absolute Gasteiger partial charge is 0.253 e. The second-order valence-corrected chi connectivity index (χ2v) is 5.01. The van der Waals surface area contributed by atoms with Crippen molar-refractivity contribution in [2.45, 2.75) is 13.5 Å². The first-order valence-electron chi connectivity index (χ1n) is 7.20. The van der Waals surface area contributed by atoms with Crippen molar-refractivity contribution in [3.8, 4) is 12.1 Å². The number of rotatable bonds is 5. The zero-order chi connectivity index (χ0) is 17.4. The van der Waals surface area contributed by atoms with Gasteiger partial charge in [-0.25, -0.2) is 0 Å². The van der Waals surface area contributed by atoms with Gasteiger partial charge < -0.3 is 5.32 Å². The molecule has 0 fully saturated rings. The van der Waals surface area contributed by atoms with Gasteiger partial charge in [-0.05, 0) is 24.6 Å². The molecule has 6 heteroatoms. The molecule has 2 N–H and O–H groups in total. The van der Waals surface area contributed by atoms with Crippen molar-refractivity contribution in [2.75, 3.05) is 5.43 Å². The van der Waals surface area contributed by atoms with Gasteiger partial charge in [0, 0.05) is 6.54 Å². The summed E-state index contributed by atoms with van der Waals surface area (Å²) < 4.78 is 0. The fraction of sp³-hybridized carbons (Fsp3) is 0.111. The Labute approximate surface area is 140 Å². The number of nitriles is 2. The molecule has 0 atom stereocenters. The molecule has 6 nitrogen and oxygen atoms in total. The van der Waals surface area contributed by atoms with Gasteiger partial charge in [-0.15, -0.1) is 0 Å². The Kier molecular flexibility index (Phi) is 5.65. The largest absolute Gasteiger partial charge is 0.348 e. The van der Waals surface area contributed by atoms with Crippen LogP contribution in [0, 0.1) is 29.6 Å². The number of carbonyl (C=O) groups is 1. The molecule has 118 valence electrons. The molecule has 1 amide bonds. The predicted molar refractivity (Wildman–Crippen MR) is 91.1 cm³/mol. The maximum absolute atomic E-state index is 12.4. The summed E-state index contributed by atoms with van der Waals surface area (Å²) in [5, 5.41) is 23.9. The van der Waals surface area contributed by atoms with Gasteiger partial charge in [0.2, 0.25) is 5.71 Å². The maximum atomic E-state index is 12.4. The van der Waals surface area contributed by atoms with E-state index in [4.69, 9.17) is 10.5 Å². The summed E-state index contributed by atoms with van der Waals surface area (Å²) in [5.74, 6) is -0.273. The Balaban J connectivity index is 2.11. The molecule has 0 saturated heterocycles. The highest BCUT2D eigenvalue weighted by atomic mass is 16.1. The van der Waals surface area contributed by atoms with E-state index >= 15 is 0 Å². The highest BCUT2D eigenvalue weighted by molar-refractivity contribution is 6.10. The van der Waals surface area contributed by atoms with E-state index in [1.807, 2.05) is 31.2 Å². The molecule has 0 aliphatic heterocycles. The van der Waals surface area contributed by atoms with Crippen molar-refractivity contribution in [1.29, 1.82) is 10.5 Å². The van der Waals surface area contributed by atoms with Crippen molar-refractivity contribution in [1.82, 2.24) is 5.32 Å². The zero-order valence-electron chi connectivity index (χ0n) is 13.1. The van der Waals surface area contributed by atoms with Crippen LogP contribution in [0.4, 0.5) is 5.69 Å². The lowest BCUT2D eigenvalue weighted by Crippen LogP contribution is -2.23. The van der Waals surface area contributed by atoms with Crippen LogP contribution in [0.3, 0.4) is 0 Å². The number of para-hydroxylation sites is 1. The van der Waals surface area contributed by atoms with E-state index in [9.17, 15) is 4.79 Å². The number of carbonyl (C=O) groups excluding carboxylic acids is 1. The SMILES string of the molecule is Cc1cccc(CNC(=O)c2ccccc2NN=C(C#N)C#N)c1. The van der Waals surface area contributed by atoms with Crippen LogP contribution in [0.2, 0.25) is 0 Å². The summed E-state index contributed by atoms with van der Waals surface area (Å²) in [7, 11) is 0. The van der Waals surface area contributed by atoms with E-state index in [0.717, 1.165) is 11.1 Å². The molecule has 0 aliphatic carbocycles. The number of hydrogen-bond donors (Lipinski definition) is 2. The van der Waals surface area contributed by atoms with Gasteiger partial charge >= 0.3 is 0 Å². The van der Waals surface area contributed by atoms with Crippen molar-refractivity contribution in [3.05, 3.63) is 65.2 Å². The van der Waals surface area contributed by atoms with Crippen molar-refractivity contribution >= 4 is 17.3 Å². The van der Waals surface area contributed by atoms with Crippen molar-refractivity contribution < 1.29 is 4.79 Å². The Morgan fingerprint density at radius 2 is 1.88 bits per heavy atom. The average Bonchev–Trinajstić information content (AvgIpc) is 2.61. The summed E-state index contributed by atoms with van der Waals surface area (Å²) >= 11 is 0. The number of hydrogen-bond acceptors (Lipinski definition) is 5. The van der Waals surface area contributed by atoms with Gasteiger partial charge in [-0.3, -0.25) is 10.2 Å². The molecule has 0 bridgehead atoms. The number of nitrogens with zero attached hydrogens (tertiary/aromatic N) is 3. The van der Waals surface area contributed by atoms with Crippen molar-refractivity contribution in [3.63, 3.8) is 0 Å². The van der Waals surface area contributed by atoms with Gasteiger partial charge in [0.1, 0.15) is 12.1 Å². The summed E-state index contributed by atoms with van der Waals surface area (Å²) in [6, 6.07) is 17.9. The molecular formula is C18H15N5O. The van der Waals surface area contributed by atoms with Gasteiger partial charge in [-0.1, -0.05) is 42.0 Å². The maximum Gasteiger partial charge on any atom is 0.253 e. The number of hydrazone groups is 1. The highest BCUT2D eigenvalue weighted by Gasteiger charge is 2.10. The lowest BCUT2D eigenvalue weighted by atomic mass is 10.1. The molecule has 0 aliphatic rings. The van der Waals surface area contributed by atoms with Crippen LogP contribution in [0.1, 0.15) is 21.5 Å². The Morgan fingerprint density at radius 3 is 2.58 bits per heavy atom. The predicted octanol–water partition coefficient (Wildman–Crippen LogP) is 2.74. The fourth-order valence-corrected chi connectivity index (χ4v) is 2.07. The van der Waals surface area contributed by atoms with Crippen LogP contribution in [-0.2, 0) is 6.54 Å². The number of anilines is 1. The van der Waals surface area contributed by atoms with Crippen LogP contribution >= 0.6 is 0 Å². The molecule has 2 aromatic rings. The number of amides is 1. The third-order valence-corrected chi connectivity index (χ3v) is 3.21.